The van der Waals surface area contributed by atoms with E-state index in [2.05, 4.69) is 23.8 Å². The Morgan fingerprint density at radius 2 is 2.57 bits per heavy atom. The number of nitrogens with zero attached hydrogens (tertiary/aromatic N) is 2. The van der Waals surface area contributed by atoms with Gasteiger partial charge in [0.2, 0.25) is 5.91 Å². The van der Waals surface area contributed by atoms with Gasteiger partial charge in [-0.15, -0.1) is 0 Å². The van der Waals surface area contributed by atoms with Gasteiger partial charge in [-0.1, -0.05) is 13.5 Å². The molecule has 0 radical (unpaired) electrons. The normalized spacial score (nSPS) is 12.1. The van der Waals surface area contributed by atoms with Gasteiger partial charge in [-0.05, 0) is 12.5 Å². The topological polar surface area (TPSA) is 46.9 Å². The summed E-state index contributed by atoms with van der Waals surface area (Å²) in [6.45, 7) is 6.08. The molecule has 76 valence electrons. The van der Waals surface area contributed by atoms with E-state index in [0.717, 1.165) is 6.42 Å². The maximum atomic E-state index is 10.9. The molecule has 0 aliphatic rings. The predicted octanol–water partition coefficient (Wildman–Crippen LogP) is 1.14. The molecule has 4 heteroatoms. The Kier molecular flexibility index (Phi) is 3.91. The Labute approximate surface area is 83.6 Å². The van der Waals surface area contributed by atoms with Gasteiger partial charge >= 0.3 is 0 Å². The van der Waals surface area contributed by atoms with E-state index in [9.17, 15) is 4.79 Å². The summed E-state index contributed by atoms with van der Waals surface area (Å²) in [6, 6.07) is 0.265. The maximum absolute atomic E-state index is 10.9. The molecule has 4 nitrogen and oxygen atoms in total. The van der Waals surface area contributed by atoms with E-state index in [-0.39, 0.29) is 11.9 Å². The maximum Gasteiger partial charge on any atom is 0.243 e. The SMILES string of the molecule is C=CC(=O)NCC(CC)n1ccnc1. The largest absolute Gasteiger partial charge is 0.350 e. The second-order valence-corrected chi connectivity index (χ2v) is 3.02. The first-order valence-corrected chi connectivity index (χ1v) is 4.65. The van der Waals surface area contributed by atoms with Crippen LogP contribution in [0, 0.1) is 0 Å². The van der Waals surface area contributed by atoms with Gasteiger partial charge in [-0.3, -0.25) is 4.79 Å². The fraction of sp³-hybridized carbons (Fsp3) is 0.400. The lowest BCUT2D eigenvalue weighted by atomic mass is 10.2. The van der Waals surface area contributed by atoms with Crippen molar-refractivity contribution >= 4 is 5.91 Å². The highest BCUT2D eigenvalue weighted by Crippen LogP contribution is 2.08. The molecule has 1 aromatic heterocycles. The Balaban J connectivity index is 2.48. The van der Waals surface area contributed by atoms with E-state index in [4.69, 9.17) is 0 Å². The number of imidazole rings is 1. The quantitative estimate of drug-likeness (QED) is 0.713. The predicted molar refractivity (Wildman–Crippen MR) is 54.8 cm³/mol. The van der Waals surface area contributed by atoms with Crippen molar-refractivity contribution in [3.05, 3.63) is 31.4 Å². The Hall–Kier alpha value is -1.58. The highest BCUT2D eigenvalue weighted by Gasteiger charge is 2.07. The molecule has 1 rings (SSSR count). The summed E-state index contributed by atoms with van der Waals surface area (Å²) in [5, 5.41) is 2.77. The molecule has 0 spiro atoms. The first-order valence-electron chi connectivity index (χ1n) is 4.65. The summed E-state index contributed by atoms with van der Waals surface area (Å²) in [5.41, 5.74) is 0. The number of nitrogens with one attached hydrogen (secondary N) is 1. The number of carbonyl (C=O) groups is 1. The average molecular weight is 193 g/mol. The second kappa shape index (κ2) is 5.21. The molecule has 14 heavy (non-hydrogen) atoms. The number of rotatable bonds is 5. The molecule has 0 fully saturated rings. The molecule has 1 heterocycles. The lowest BCUT2D eigenvalue weighted by Crippen LogP contribution is -2.28. The van der Waals surface area contributed by atoms with Gasteiger partial charge in [0.1, 0.15) is 0 Å². The Bertz CT molecular complexity index is 292. The molecule has 0 aliphatic carbocycles. The summed E-state index contributed by atoms with van der Waals surface area (Å²) in [7, 11) is 0. The summed E-state index contributed by atoms with van der Waals surface area (Å²) in [6.07, 6.45) is 7.62. The van der Waals surface area contributed by atoms with Crippen molar-refractivity contribution in [3.8, 4) is 0 Å². The van der Waals surface area contributed by atoms with Crippen LogP contribution >= 0.6 is 0 Å². The van der Waals surface area contributed by atoms with Crippen LogP contribution < -0.4 is 5.32 Å². The van der Waals surface area contributed by atoms with Crippen LogP contribution in [-0.4, -0.2) is 22.0 Å². The van der Waals surface area contributed by atoms with Crippen LogP contribution in [0.2, 0.25) is 0 Å². The minimum absolute atomic E-state index is 0.136. The third-order valence-electron chi connectivity index (χ3n) is 2.12. The Morgan fingerprint density at radius 3 is 3.07 bits per heavy atom. The van der Waals surface area contributed by atoms with E-state index < -0.39 is 0 Å². The van der Waals surface area contributed by atoms with Crippen molar-refractivity contribution in [1.82, 2.24) is 14.9 Å². The summed E-state index contributed by atoms with van der Waals surface area (Å²) in [4.78, 5) is 14.9. The molecule has 0 aromatic carbocycles. The van der Waals surface area contributed by atoms with Crippen molar-refractivity contribution in [3.63, 3.8) is 0 Å². The van der Waals surface area contributed by atoms with Crippen molar-refractivity contribution < 1.29 is 4.79 Å². The van der Waals surface area contributed by atoms with Gasteiger partial charge in [0, 0.05) is 18.9 Å². The van der Waals surface area contributed by atoms with Gasteiger partial charge in [-0.2, -0.15) is 0 Å². The molecule has 1 amide bonds. The highest BCUT2D eigenvalue weighted by molar-refractivity contribution is 5.86. The molecule has 0 aliphatic heterocycles. The molecular weight excluding hydrogens is 178 g/mol. The summed E-state index contributed by atoms with van der Waals surface area (Å²) >= 11 is 0. The first kappa shape index (κ1) is 10.5. The minimum Gasteiger partial charge on any atom is -0.350 e. The smallest absolute Gasteiger partial charge is 0.243 e. The van der Waals surface area contributed by atoms with Crippen molar-refractivity contribution in [1.29, 1.82) is 0 Å². The summed E-state index contributed by atoms with van der Waals surface area (Å²) < 4.78 is 1.99. The average Bonchev–Trinajstić information content (AvgIpc) is 2.72. The molecule has 1 atom stereocenters. The van der Waals surface area contributed by atoms with Crippen LogP contribution in [-0.2, 0) is 4.79 Å². The van der Waals surface area contributed by atoms with Crippen molar-refractivity contribution in [2.24, 2.45) is 0 Å². The lowest BCUT2D eigenvalue weighted by Gasteiger charge is -2.16. The van der Waals surface area contributed by atoms with E-state index in [1.807, 2.05) is 10.8 Å². The second-order valence-electron chi connectivity index (χ2n) is 3.02. The van der Waals surface area contributed by atoms with Crippen LogP contribution in [0.25, 0.3) is 0 Å². The van der Waals surface area contributed by atoms with Gasteiger partial charge < -0.3 is 9.88 Å². The van der Waals surface area contributed by atoms with Crippen LogP contribution in [0.15, 0.2) is 31.4 Å². The zero-order valence-electron chi connectivity index (χ0n) is 8.31. The minimum atomic E-state index is -0.136. The standard InChI is InChI=1S/C10H15N3O/c1-3-9(7-12-10(14)4-2)13-6-5-11-8-13/h4-6,8-9H,2-3,7H2,1H3,(H,12,14). The number of amides is 1. The number of hydrogen-bond donors (Lipinski definition) is 1. The fourth-order valence-electron chi connectivity index (χ4n) is 1.24. The zero-order valence-corrected chi connectivity index (χ0v) is 8.31. The van der Waals surface area contributed by atoms with E-state index >= 15 is 0 Å². The van der Waals surface area contributed by atoms with Gasteiger partial charge in [0.25, 0.3) is 0 Å². The molecule has 0 saturated heterocycles. The molecule has 1 unspecified atom stereocenters. The van der Waals surface area contributed by atoms with E-state index in [0.29, 0.717) is 6.54 Å². The fourth-order valence-corrected chi connectivity index (χ4v) is 1.24. The summed E-state index contributed by atoms with van der Waals surface area (Å²) in [5.74, 6) is -0.136. The van der Waals surface area contributed by atoms with Gasteiger partial charge in [0.15, 0.2) is 0 Å². The molecule has 0 saturated carbocycles. The third kappa shape index (κ3) is 2.73. The zero-order chi connectivity index (χ0) is 10.4. The van der Waals surface area contributed by atoms with Crippen molar-refractivity contribution in [2.75, 3.05) is 6.54 Å². The third-order valence-corrected chi connectivity index (χ3v) is 2.12. The van der Waals surface area contributed by atoms with E-state index in [1.54, 1.807) is 12.5 Å². The van der Waals surface area contributed by atoms with Crippen molar-refractivity contribution in [2.45, 2.75) is 19.4 Å². The van der Waals surface area contributed by atoms with Crippen LogP contribution in [0.3, 0.4) is 0 Å². The number of carbonyl (C=O) groups excluding carboxylic acids is 1. The lowest BCUT2D eigenvalue weighted by molar-refractivity contribution is -0.116. The van der Waals surface area contributed by atoms with E-state index in [1.165, 1.54) is 6.08 Å². The number of aromatic nitrogens is 2. The monoisotopic (exact) mass is 193 g/mol. The first-order chi connectivity index (χ1) is 6.77. The molecule has 0 bridgehead atoms. The highest BCUT2D eigenvalue weighted by atomic mass is 16.1. The van der Waals surface area contributed by atoms with Crippen LogP contribution in [0.5, 0.6) is 0 Å². The number of hydrogen-bond acceptors (Lipinski definition) is 2. The van der Waals surface area contributed by atoms with Crippen LogP contribution in [0.1, 0.15) is 19.4 Å². The van der Waals surface area contributed by atoms with Gasteiger partial charge in [-0.25, -0.2) is 4.98 Å². The molecule has 1 N–H and O–H groups in total. The Morgan fingerprint density at radius 1 is 1.79 bits per heavy atom. The van der Waals surface area contributed by atoms with Gasteiger partial charge in [0.05, 0.1) is 12.4 Å². The van der Waals surface area contributed by atoms with Crippen LogP contribution in [0.4, 0.5) is 0 Å². The molecule has 1 aromatic rings. The molecular formula is C10H15N3O.